The third-order valence-corrected chi connectivity index (χ3v) is 3.52. The van der Waals surface area contributed by atoms with Crippen molar-refractivity contribution in [2.45, 2.75) is 18.9 Å². The first-order valence-corrected chi connectivity index (χ1v) is 7.38. The Balaban J connectivity index is 2.68. The van der Waals surface area contributed by atoms with Crippen molar-refractivity contribution in [3.63, 3.8) is 0 Å². The Hall–Kier alpha value is -1.99. The van der Waals surface area contributed by atoms with E-state index in [9.17, 15) is 4.79 Å². The molecule has 1 aromatic rings. The molecule has 3 N–H and O–H groups in total. The maximum absolute atomic E-state index is 11.8. The van der Waals surface area contributed by atoms with Crippen molar-refractivity contribution in [2.75, 3.05) is 41.5 Å². The van der Waals surface area contributed by atoms with Gasteiger partial charge in [0.15, 0.2) is 0 Å². The summed E-state index contributed by atoms with van der Waals surface area (Å²) < 4.78 is 21.1. The fourth-order valence-electron chi connectivity index (χ4n) is 2.19. The van der Waals surface area contributed by atoms with E-state index >= 15 is 0 Å². The van der Waals surface area contributed by atoms with Crippen LogP contribution in [0.5, 0.6) is 17.2 Å². The Morgan fingerprint density at radius 2 is 1.74 bits per heavy atom. The molecule has 23 heavy (non-hydrogen) atoms. The number of nitrogens with one attached hydrogen (secondary N) is 1. The molecule has 130 valence electrons. The Bertz CT molecular complexity index is 478. The number of carbonyl (C=O) groups excluding carboxylic acids is 1. The van der Waals surface area contributed by atoms with Crippen LogP contribution in [0, 0.1) is 0 Å². The Morgan fingerprint density at radius 1 is 1.13 bits per heavy atom. The first kappa shape index (κ1) is 19.1. The number of nitrogens with two attached hydrogens (primary N) is 1. The summed E-state index contributed by atoms with van der Waals surface area (Å²) in [5.74, 6) is 1.87. The molecule has 7 nitrogen and oxygen atoms in total. The molecule has 0 aliphatic rings. The van der Waals surface area contributed by atoms with E-state index in [1.807, 2.05) is 0 Å². The molecule has 0 heterocycles. The zero-order valence-corrected chi connectivity index (χ0v) is 14.2. The molecular formula is C16H26N2O5. The zero-order valence-electron chi connectivity index (χ0n) is 14.2. The minimum atomic E-state index is -0.264. The van der Waals surface area contributed by atoms with Gasteiger partial charge in [-0.25, -0.2) is 0 Å². The van der Waals surface area contributed by atoms with Crippen LogP contribution in [0.15, 0.2) is 12.1 Å². The summed E-state index contributed by atoms with van der Waals surface area (Å²) in [5.41, 5.74) is 6.38. The standard InChI is InChI=1S/C16H26N2O5/c1-20-11-7-14(22-3)13(15(8-11)23-4)5-6-18-16(19)9-12(10-17)21-2/h7-8,12H,5-6,9-10,17H2,1-4H3,(H,18,19). The van der Waals surface area contributed by atoms with Crippen LogP contribution < -0.4 is 25.3 Å². The van der Waals surface area contributed by atoms with Crippen LogP contribution in [0.25, 0.3) is 0 Å². The molecule has 0 saturated carbocycles. The number of ether oxygens (including phenoxy) is 4. The molecule has 1 amide bonds. The number of rotatable bonds is 10. The highest BCUT2D eigenvalue weighted by atomic mass is 16.5. The van der Waals surface area contributed by atoms with Crippen molar-refractivity contribution in [3.05, 3.63) is 17.7 Å². The quantitative estimate of drug-likeness (QED) is 0.659. The lowest BCUT2D eigenvalue weighted by atomic mass is 10.1. The number of amides is 1. The lowest BCUT2D eigenvalue weighted by Crippen LogP contribution is -2.33. The molecule has 0 aliphatic heterocycles. The van der Waals surface area contributed by atoms with Gasteiger partial charge in [-0.15, -0.1) is 0 Å². The topological polar surface area (TPSA) is 92.0 Å². The normalized spacial score (nSPS) is 11.7. The molecule has 1 rings (SSSR count). The van der Waals surface area contributed by atoms with Crippen LogP contribution in [-0.2, 0) is 16.0 Å². The largest absolute Gasteiger partial charge is 0.496 e. The van der Waals surface area contributed by atoms with Gasteiger partial charge in [-0.1, -0.05) is 0 Å². The molecular weight excluding hydrogens is 300 g/mol. The second-order valence-electron chi connectivity index (χ2n) is 4.91. The van der Waals surface area contributed by atoms with Crippen LogP contribution in [0.4, 0.5) is 0 Å². The maximum atomic E-state index is 11.8. The minimum Gasteiger partial charge on any atom is -0.496 e. The molecule has 0 fully saturated rings. The highest BCUT2D eigenvalue weighted by molar-refractivity contribution is 5.76. The lowest BCUT2D eigenvalue weighted by molar-refractivity contribution is -0.123. The molecule has 0 spiro atoms. The molecule has 0 bridgehead atoms. The van der Waals surface area contributed by atoms with Gasteiger partial charge in [0, 0.05) is 37.9 Å². The third-order valence-electron chi connectivity index (χ3n) is 3.52. The van der Waals surface area contributed by atoms with E-state index in [4.69, 9.17) is 24.7 Å². The van der Waals surface area contributed by atoms with E-state index in [0.717, 1.165) is 5.56 Å². The third kappa shape index (κ3) is 5.61. The fraction of sp³-hybridized carbons (Fsp3) is 0.562. The average molecular weight is 326 g/mol. The number of hydrogen-bond acceptors (Lipinski definition) is 6. The Labute approximate surface area is 137 Å². The van der Waals surface area contributed by atoms with Crippen LogP contribution >= 0.6 is 0 Å². The van der Waals surface area contributed by atoms with E-state index < -0.39 is 0 Å². The number of methoxy groups -OCH3 is 4. The van der Waals surface area contributed by atoms with Gasteiger partial charge in [-0.2, -0.15) is 0 Å². The molecule has 1 atom stereocenters. The van der Waals surface area contributed by atoms with Crippen molar-refractivity contribution >= 4 is 5.91 Å². The van der Waals surface area contributed by atoms with Crippen molar-refractivity contribution in [1.82, 2.24) is 5.32 Å². The second-order valence-corrected chi connectivity index (χ2v) is 4.91. The number of carbonyl (C=O) groups is 1. The summed E-state index contributed by atoms with van der Waals surface area (Å²) in [6.45, 7) is 0.767. The molecule has 1 unspecified atom stereocenters. The van der Waals surface area contributed by atoms with Gasteiger partial charge in [0.2, 0.25) is 5.91 Å². The Kier molecular flexibility index (Phi) is 8.21. The minimum absolute atomic E-state index is 0.103. The predicted molar refractivity (Wildman–Crippen MR) is 87.3 cm³/mol. The fourth-order valence-corrected chi connectivity index (χ4v) is 2.19. The van der Waals surface area contributed by atoms with Crippen LogP contribution in [0.1, 0.15) is 12.0 Å². The summed E-state index contributed by atoms with van der Waals surface area (Å²) >= 11 is 0. The van der Waals surface area contributed by atoms with Gasteiger partial charge in [0.05, 0.1) is 33.9 Å². The van der Waals surface area contributed by atoms with E-state index in [2.05, 4.69) is 5.32 Å². The highest BCUT2D eigenvalue weighted by Gasteiger charge is 2.15. The molecule has 0 aromatic heterocycles. The zero-order chi connectivity index (χ0) is 17.2. The summed E-state index contributed by atoms with van der Waals surface area (Å²) in [7, 11) is 6.29. The average Bonchev–Trinajstić information content (AvgIpc) is 2.59. The van der Waals surface area contributed by atoms with Crippen LogP contribution in [0.3, 0.4) is 0 Å². The van der Waals surface area contributed by atoms with Gasteiger partial charge >= 0.3 is 0 Å². The van der Waals surface area contributed by atoms with E-state index in [0.29, 0.717) is 36.8 Å². The molecule has 0 aliphatic carbocycles. The summed E-state index contributed by atoms with van der Waals surface area (Å²) in [4.78, 5) is 11.8. The Morgan fingerprint density at radius 3 is 2.17 bits per heavy atom. The highest BCUT2D eigenvalue weighted by Crippen LogP contribution is 2.34. The van der Waals surface area contributed by atoms with Gasteiger partial charge in [0.1, 0.15) is 17.2 Å². The first-order valence-electron chi connectivity index (χ1n) is 7.38. The monoisotopic (exact) mass is 326 g/mol. The van der Waals surface area contributed by atoms with Crippen molar-refractivity contribution < 1.29 is 23.7 Å². The van der Waals surface area contributed by atoms with Crippen molar-refractivity contribution in [2.24, 2.45) is 5.73 Å². The molecule has 1 aromatic carbocycles. The molecule has 0 radical (unpaired) electrons. The van der Waals surface area contributed by atoms with Crippen LogP contribution in [-0.4, -0.2) is 53.5 Å². The summed E-state index contributed by atoms with van der Waals surface area (Å²) in [5, 5.41) is 2.84. The van der Waals surface area contributed by atoms with Gasteiger partial charge in [-0.05, 0) is 6.42 Å². The van der Waals surface area contributed by atoms with Gasteiger partial charge in [0.25, 0.3) is 0 Å². The predicted octanol–water partition coefficient (Wildman–Crippen LogP) is 0.735. The first-order chi connectivity index (χ1) is 11.1. The van der Waals surface area contributed by atoms with Crippen molar-refractivity contribution in [3.8, 4) is 17.2 Å². The van der Waals surface area contributed by atoms with Gasteiger partial charge < -0.3 is 30.0 Å². The van der Waals surface area contributed by atoms with Crippen molar-refractivity contribution in [1.29, 1.82) is 0 Å². The van der Waals surface area contributed by atoms with E-state index in [-0.39, 0.29) is 18.4 Å². The number of benzene rings is 1. The smallest absolute Gasteiger partial charge is 0.222 e. The van der Waals surface area contributed by atoms with E-state index in [1.165, 1.54) is 7.11 Å². The number of hydrogen-bond donors (Lipinski definition) is 2. The second kappa shape index (κ2) is 9.91. The van der Waals surface area contributed by atoms with Crippen LogP contribution in [0.2, 0.25) is 0 Å². The summed E-state index contributed by atoms with van der Waals surface area (Å²) in [6.07, 6.45) is 0.548. The molecule has 0 saturated heterocycles. The maximum Gasteiger partial charge on any atom is 0.222 e. The summed E-state index contributed by atoms with van der Waals surface area (Å²) in [6, 6.07) is 3.57. The van der Waals surface area contributed by atoms with Gasteiger partial charge in [-0.3, -0.25) is 4.79 Å². The molecule has 7 heteroatoms. The lowest BCUT2D eigenvalue weighted by Gasteiger charge is -2.16. The van der Waals surface area contributed by atoms with E-state index in [1.54, 1.807) is 33.5 Å². The SMILES string of the molecule is COc1cc(OC)c(CCNC(=O)CC(CN)OC)c(OC)c1.